The van der Waals surface area contributed by atoms with Crippen molar-refractivity contribution in [2.45, 2.75) is 0 Å². The van der Waals surface area contributed by atoms with Crippen LogP contribution in [-0.4, -0.2) is 17.3 Å². The molecule has 2 radical (unpaired) electrons. The predicted octanol–water partition coefficient (Wildman–Crippen LogP) is 11.0. The van der Waals surface area contributed by atoms with Crippen LogP contribution in [0.3, 0.4) is 0 Å². The molecular weight excluding hydrogens is 619 g/mol. The van der Waals surface area contributed by atoms with E-state index in [9.17, 15) is 14.4 Å². The second kappa shape index (κ2) is 21.7. The second-order valence-corrected chi connectivity index (χ2v) is 10.1. The van der Waals surface area contributed by atoms with Gasteiger partial charge in [0.15, 0.2) is 17.3 Å². The van der Waals surface area contributed by atoms with Crippen LogP contribution in [0.15, 0.2) is 182 Å². The van der Waals surface area contributed by atoms with Crippen LogP contribution in [0.25, 0.3) is 18.2 Å². The maximum absolute atomic E-state index is 11.7. The molecule has 49 heavy (non-hydrogen) atoms. The minimum atomic E-state index is 0. The van der Waals surface area contributed by atoms with Gasteiger partial charge in [-0.25, -0.2) is 0 Å². The molecule has 0 aliphatic rings. The third-order valence-corrected chi connectivity index (χ3v) is 6.62. The van der Waals surface area contributed by atoms with Crippen molar-refractivity contribution in [2.24, 2.45) is 0 Å². The van der Waals surface area contributed by atoms with E-state index in [1.54, 1.807) is 72.9 Å². The molecule has 0 aromatic heterocycles. The van der Waals surface area contributed by atoms with Gasteiger partial charge < -0.3 is 0 Å². The number of rotatable bonds is 9. The Hall–Kier alpha value is -6.02. The van der Waals surface area contributed by atoms with E-state index in [0.717, 1.165) is 16.7 Å². The van der Waals surface area contributed by atoms with Crippen LogP contribution in [0.4, 0.5) is 0 Å². The van der Waals surface area contributed by atoms with E-state index in [4.69, 9.17) is 0 Å². The predicted molar refractivity (Wildman–Crippen MR) is 202 cm³/mol. The summed E-state index contributed by atoms with van der Waals surface area (Å²) in [4.78, 5) is 35.2. The molecule has 6 aromatic rings. The summed E-state index contributed by atoms with van der Waals surface area (Å²) < 4.78 is 0. The molecule has 0 saturated heterocycles. The van der Waals surface area contributed by atoms with Gasteiger partial charge in [0, 0.05) is 16.7 Å². The van der Waals surface area contributed by atoms with Crippen molar-refractivity contribution >= 4 is 45.5 Å². The van der Waals surface area contributed by atoms with Gasteiger partial charge in [-0.3, -0.25) is 14.4 Å². The van der Waals surface area contributed by atoms with Crippen molar-refractivity contribution in [3.63, 3.8) is 0 Å². The maximum atomic E-state index is 11.7. The first-order valence-corrected chi connectivity index (χ1v) is 15.3. The quantitative estimate of drug-likeness (QED) is 0.0676. The number of hydrogen-bond donors (Lipinski definition) is 0. The standard InChI is InChI=1S/3C15H11O.P/c3*16-15(14-9-5-2-6-10-14)12-11-13-7-3-1-4-8-13;/h3*1-7,9-12H;/q3*-1;+3/b3*12-11+;. The molecule has 0 aliphatic carbocycles. The molecule has 236 valence electrons. The van der Waals surface area contributed by atoms with Crippen molar-refractivity contribution in [2.75, 3.05) is 0 Å². The van der Waals surface area contributed by atoms with E-state index in [1.807, 2.05) is 127 Å². The minimum Gasteiger partial charge on any atom is -0.290 e. The Morgan fingerprint density at radius 2 is 0.592 bits per heavy atom. The van der Waals surface area contributed by atoms with Crippen molar-refractivity contribution in [3.8, 4) is 0 Å². The van der Waals surface area contributed by atoms with Crippen LogP contribution >= 0.6 is 9.90 Å². The Bertz CT molecular complexity index is 1690. The summed E-state index contributed by atoms with van der Waals surface area (Å²) in [6.07, 6.45) is 10.0. The van der Waals surface area contributed by atoms with E-state index in [0.29, 0.717) is 16.7 Å². The molecule has 0 N–H and O–H groups in total. The van der Waals surface area contributed by atoms with Crippen molar-refractivity contribution in [3.05, 3.63) is 234 Å². The average Bonchev–Trinajstić information content (AvgIpc) is 3.18. The number of carbonyl (C=O) groups excluding carboxylic acids is 3. The van der Waals surface area contributed by atoms with Crippen molar-refractivity contribution < 1.29 is 14.4 Å². The first-order valence-electron chi connectivity index (χ1n) is 15.3. The number of ketones is 3. The van der Waals surface area contributed by atoms with Crippen LogP contribution in [0.2, 0.25) is 0 Å². The smallest absolute Gasteiger partial charge is 0.290 e. The van der Waals surface area contributed by atoms with Crippen LogP contribution in [0.5, 0.6) is 0 Å². The second-order valence-electron chi connectivity index (χ2n) is 10.1. The molecular formula is C45H33O3P. The summed E-state index contributed by atoms with van der Waals surface area (Å²) in [6, 6.07) is 59.4. The van der Waals surface area contributed by atoms with Gasteiger partial charge in [0.25, 0.3) is 0 Å². The van der Waals surface area contributed by atoms with Crippen LogP contribution < -0.4 is 0 Å². The Morgan fingerprint density at radius 1 is 0.347 bits per heavy atom. The van der Waals surface area contributed by atoms with Gasteiger partial charge in [-0.2, -0.15) is 16.7 Å². The molecule has 0 spiro atoms. The van der Waals surface area contributed by atoms with E-state index >= 15 is 0 Å². The summed E-state index contributed by atoms with van der Waals surface area (Å²) >= 11 is 0. The van der Waals surface area contributed by atoms with E-state index in [2.05, 4.69) is 18.2 Å². The zero-order valence-electron chi connectivity index (χ0n) is 26.7. The summed E-state index contributed by atoms with van der Waals surface area (Å²) in [7, 11) is 0. The zero-order valence-corrected chi connectivity index (χ0v) is 27.6. The molecule has 4 heteroatoms. The minimum absolute atomic E-state index is 0. The van der Waals surface area contributed by atoms with Crippen LogP contribution in [0.1, 0.15) is 47.8 Å². The van der Waals surface area contributed by atoms with E-state index in [-0.39, 0.29) is 27.2 Å². The number of benzene rings is 6. The maximum Gasteiger partial charge on any atom is 3.00 e. The SMILES string of the molecule is O=C(/C=C/c1[c-]cccc1)c1ccccc1.O=C(/C=C/c1[c-]cccc1)c1ccccc1.O=C(/C=C/c1[c-]cccc1)c1ccccc1.[P+3]. The van der Waals surface area contributed by atoms with Crippen LogP contribution in [-0.2, 0) is 0 Å². The van der Waals surface area contributed by atoms with Crippen molar-refractivity contribution in [1.29, 1.82) is 0 Å². The van der Waals surface area contributed by atoms with Crippen molar-refractivity contribution in [1.82, 2.24) is 0 Å². The normalized spacial score (nSPS) is 10.3. The Kier molecular flexibility index (Phi) is 16.6. The monoisotopic (exact) mass is 652 g/mol. The fraction of sp³-hybridized carbons (Fsp3) is 0. The van der Waals surface area contributed by atoms with E-state index < -0.39 is 0 Å². The largest absolute Gasteiger partial charge is 3.00 e. The molecule has 0 bridgehead atoms. The Labute approximate surface area is 292 Å². The fourth-order valence-electron chi connectivity index (χ4n) is 4.13. The molecule has 6 aromatic carbocycles. The molecule has 0 fully saturated rings. The van der Waals surface area contributed by atoms with Gasteiger partial charge in [-0.1, -0.05) is 109 Å². The first-order chi connectivity index (χ1) is 23.6. The topological polar surface area (TPSA) is 51.2 Å². The van der Waals surface area contributed by atoms with Gasteiger partial charge in [-0.15, -0.1) is 109 Å². The number of carbonyl (C=O) groups is 3. The zero-order chi connectivity index (χ0) is 33.7. The third kappa shape index (κ3) is 14.1. The molecule has 0 unspecified atom stereocenters. The third-order valence-electron chi connectivity index (χ3n) is 6.62. The molecule has 0 amide bonds. The summed E-state index contributed by atoms with van der Waals surface area (Å²) in [5.74, 6) is 0.0357. The molecule has 0 saturated carbocycles. The van der Waals surface area contributed by atoms with Gasteiger partial charge >= 0.3 is 9.90 Å². The average molecular weight is 653 g/mol. The fourth-order valence-corrected chi connectivity index (χ4v) is 4.13. The van der Waals surface area contributed by atoms with E-state index in [1.165, 1.54) is 0 Å². The molecule has 6 rings (SSSR count). The number of hydrogen-bond acceptors (Lipinski definition) is 3. The van der Waals surface area contributed by atoms with Gasteiger partial charge in [-0.05, 0) is 0 Å². The molecule has 3 nitrogen and oxygen atoms in total. The Morgan fingerprint density at radius 3 is 0.816 bits per heavy atom. The summed E-state index contributed by atoms with van der Waals surface area (Å²) in [6.45, 7) is 0. The molecule has 0 atom stereocenters. The molecule has 0 heterocycles. The van der Waals surface area contributed by atoms with Gasteiger partial charge in [0.05, 0.1) is 0 Å². The van der Waals surface area contributed by atoms with Gasteiger partial charge in [0.2, 0.25) is 0 Å². The summed E-state index contributed by atoms with van der Waals surface area (Å²) in [5.41, 5.74) is 4.84. The Balaban J connectivity index is 0.000000197. The van der Waals surface area contributed by atoms with Crippen LogP contribution in [0, 0.1) is 18.2 Å². The summed E-state index contributed by atoms with van der Waals surface area (Å²) in [5, 5.41) is 0. The first kappa shape index (κ1) is 37.4. The number of allylic oxidation sites excluding steroid dienone is 3. The van der Waals surface area contributed by atoms with Gasteiger partial charge in [0.1, 0.15) is 0 Å². The molecule has 0 aliphatic heterocycles.